The molecule has 0 aromatic carbocycles. The summed E-state index contributed by atoms with van der Waals surface area (Å²) in [5.74, 6) is -2.32. The first kappa shape index (κ1) is 12.5. The number of aliphatic carboxylic acids is 1. The van der Waals surface area contributed by atoms with E-state index in [2.05, 4.69) is 0 Å². The van der Waals surface area contributed by atoms with Crippen LogP contribution in [-0.2, 0) is 14.4 Å². The quantitative estimate of drug-likeness (QED) is 0.682. The van der Waals surface area contributed by atoms with Crippen LogP contribution in [0.3, 0.4) is 0 Å². The number of piperidine rings is 1. The Morgan fingerprint density at radius 1 is 1.56 bits per heavy atom. The van der Waals surface area contributed by atoms with E-state index >= 15 is 0 Å². The Labute approximate surface area is 93.4 Å². The smallest absolute Gasteiger partial charge is 0.308 e. The molecular formula is C10H16N2O4. The van der Waals surface area contributed by atoms with Gasteiger partial charge in [-0.1, -0.05) is 6.92 Å². The SMILES string of the molecule is CC[C@@H]1[C@@H](C(=O)O)CCC(=O)N1CC(N)=O. The van der Waals surface area contributed by atoms with E-state index in [9.17, 15) is 14.4 Å². The summed E-state index contributed by atoms with van der Waals surface area (Å²) in [6, 6.07) is -0.425. The lowest BCUT2D eigenvalue weighted by atomic mass is 9.87. The van der Waals surface area contributed by atoms with E-state index in [0.717, 1.165) is 0 Å². The van der Waals surface area contributed by atoms with Crippen molar-refractivity contribution in [3.8, 4) is 0 Å². The maximum atomic E-state index is 11.6. The molecule has 0 saturated carbocycles. The van der Waals surface area contributed by atoms with E-state index in [1.165, 1.54) is 4.90 Å². The Kier molecular flexibility index (Phi) is 3.87. The number of carboxylic acid groups (broad SMARTS) is 1. The number of amides is 2. The highest BCUT2D eigenvalue weighted by Gasteiger charge is 2.38. The molecule has 1 aliphatic rings. The summed E-state index contributed by atoms with van der Waals surface area (Å²) in [5, 5.41) is 9.02. The summed E-state index contributed by atoms with van der Waals surface area (Å²) >= 11 is 0. The molecule has 6 nitrogen and oxygen atoms in total. The van der Waals surface area contributed by atoms with Crippen LogP contribution in [0.4, 0.5) is 0 Å². The third kappa shape index (κ3) is 2.50. The van der Waals surface area contributed by atoms with Crippen LogP contribution in [0.15, 0.2) is 0 Å². The zero-order valence-electron chi connectivity index (χ0n) is 9.18. The molecule has 1 saturated heterocycles. The molecule has 0 spiro atoms. The van der Waals surface area contributed by atoms with Gasteiger partial charge in [-0.15, -0.1) is 0 Å². The summed E-state index contributed by atoms with van der Waals surface area (Å²) in [7, 11) is 0. The lowest BCUT2D eigenvalue weighted by Crippen LogP contribution is -2.53. The molecule has 2 atom stereocenters. The molecule has 90 valence electrons. The van der Waals surface area contributed by atoms with Gasteiger partial charge >= 0.3 is 5.97 Å². The third-order valence-corrected chi connectivity index (χ3v) is 2.92. The molecule has 16 heavy (non-hydrogen) atoms. The van der Waals surface area contributed by atoms with Crippen LogP contribution in [0.5, 0.6) is 0 Å². The number of hydrogen-bond acceptors (Lipinski definition) is 3. The molecule has 1 aliphatic heterocycles. The topological polar surface area (TPSA) is 101 Å². The Hall–Kier alpha value is -1.59. The number of hydrogen-bond donors (Lipinski definition) is 2. The second kappa shape index (κ2) is 4.96. The van der Waals surface area contributed by atoms with Crippen LogP contribution in [0.1, 0.15) is 26.2 Å². The average molecular weight is 228 g/mol. The van der Waals surface area contributed by atoms with Crippen molar-refractivity contribution in [2.75, 3.05) is 6.54 Å². The van der Waals surface area contributed by atoms with Gasteiger partial charge in [-0.2, -0.15) is 0 Å². The predicted molar refractivity (Wildman–Crippen MR) is 55.3 cm³/mol. The van der Waals surface area contributed by atoms with Crippen LogP contribution >= 0.6 is 0 Å². The number of nitrogens with zero attached hydrogens (tertiary/aromatic N) is 1. The monoisotopic (exact) mass is 228 g/mol. The van der Waals surface area contributed by atoms with E-state index in [-0.39, 0.29) is 18.9 Å². The largest absolute Gasteiger partial charge is 0.481 e. The molecule has 1 rings (SSSR count). The molecule has 6 heteroatoms. The first-order valence-corrected chi connectivity index (χ1v) is 5.28. The number of carbonyl (C=O) groups excluding carboxylic acids is 2. The lowest BCUT2D eigenvalue weighted by Gasteiger charge is -2.38. The molecular weight excluding hydrogens is 212 g/mol. The van der Waals surface area contributed by atoms with Crippen LogP contribution in [0.25, 0.3) is 0 Å². The van der Waals surface area contributed by atoms with E-state index < -0.39 is 23.8 Å². The lowest BCUT2D eigenvalue weighted by molar-refractivity contribution is -0.153. The highest BCUT2D eigenvalue weighted by molar-refractivity contribution is 5.86. The minimum Gasteiger partial charge on any atom is -0.481 e. The maximum absolute atomic E-state index is 11.6. The van der Waals surface area contributed by atoms with Gasteiger partial charge in [0.25, 0.3) is 0 Å². The second-order valence-electron chi connectivity index (χ2n) is 3.95. The highest BCUT2D eigenvalue weighted by atomic mass is 16.4. The van der Waals surface area contributed by atoms with Crippen molar-refractivity contribution < 1.29 is 19.5 Å². The van der Waals surface area contributed by atoms with Gasteiger partial charge < -0.3 is 15.7 Å². The van der Waals surface area contributed by atoms with Gasteiger partial charge in [0.2, 0.25) is 11.8 Å². The van der Waals surface area contributed by atoms with Gasteiger partial charge in [0.15, 0.2) is 0 Å². The average Bonchev–Trinajstić information content (AvgIpc) is 2.19. The van der Waals surface area contributed by atoms with Crippen molar-refractivity contribution in [1.82, 2.24) is 4.90 Å². The minimum atomic E-state index is -0.922. The Morgan fingerprint density at radius 2 is 2.19 bits per heavy atom. The van der Waals surface area contributed by atoms with E-state index in [1.54, 1.807) is 6.92 Å². The number of primary amides is 1. The molecule has 1 fully saturated rings. The predicted octanol–water partition coefficient (Wildman–Crippen LogP) is -0.426. The Balaban J connectivity index is 2.87. The fourth-order valence-corrected chi connectivity index (χ4v) is 2.18. The maximum Gasteiger partial charge on any atom is 0.308 e. The van der Waals surface area contributed by atoms with Crippen molar-refractivity contribution >= 4 is 17.8 Å². The van der Waals surface area contributed by atoms with Crippen LogP contribution < -0.4 is 5.73 Å². The third-order valence-electron chi connectivity index (χ3n) is 2.92. The summed E-state index contributed by atoms with van der Waals surface area (Å²) in [4.78, 5) is 34.7. The molecule has 0 unspecified atom stereocenters. The standard InChI is InChI=1S/C10H16N2O4/c1-2-7-6(10(15)16)3-4-9(14)12(7)5-8(11)13/h6-7H,2-5H2,1H3,(H2,11,13)(H,15,16)/t6-,7+/m0/s1. The molecule has 0 aromatic heterocycles. The number of carbonyl (C=O) groups is 3. The molecule has 1 heterocycles. The number of likely N-dealkylation sites (tertiary alicyclic amines) is 1. The molecule has 0 bridgehead atoms. The Bertz CT molecular complexity index is 316. The van der Waals surface area contributed by atoms with Gasteiger partial charge in [-0.3, -0.25) is 14.4 Å². The first-order chi connectivity index (χ1) is 7.47. The first-order valence-electron chi connectivity index (χ1n) is 5.28. The summed E-state index contributed by atoms with van der Waals surface area (Å²) in [5.41, 5.74) is 5.04. The van der Waals surface area contributed by atoms with Gasteiger partial charge in [-0.25, -0.2) is 0 Å². The van der Waals surface area contributed by atoms with Crippen LogP contribution in [-0.4, -0.2) is 40.4 Å². The van der Waals surface area contributed by atoms with E-state index in [4.69, 9.17) is 10.8 Å². The van der Waals surface area contributed by atoms with Crippen molar-refractivity contribution in [2.45, 2.75) is 32.2 Å². The van der Waals surface area contributed by atoms with Gasteiger partial charge in [0.1, 0.15) is 0 Å². The van der Waals surface area contributed by atoms with Crippen molar-refractivity contribution in [2.24, 2.45) is 11.7 Å². The van der Waals surface area contributed by atoms with Crippen LogP contribution in [0, 0.1) is 5.92 Å². The normalized spacial score (nSPS) is 25.6. The van der Waals surface area contributed by atoms with E-state index in [0.29, 0.717) is 12.8 Å². The molecule has 0 radical (unpaired) electrons. The molecule has 3 N–H and O–H groups in total. The summed E-state index contributed by atoms with van der Waals surface area (Å²) < 4.78 is 0. The second-order valence-corrected chi connectivity index (χ2v) is 3.95. The summed E-state index contributed by atoms with van der Waals surface area (Å²) in [6.45, 7) is 1.61. The molecule has 2 amide bonds. The summed E-state index contributed by atoms with van der Waals surface area (Å²) in [6.07, 6.45) is 1.01. The Morgan fingerprint density at radius 3 is 2.62 bits per heavy atom. The molecule has 0 aromatic rings. The van der Waals surface area contributed by atoms with Gasteiger partial charge in [0, 0.05) is 12.5 Å². The zero-order chi connectivity index (χ0) is 12.3. The number of nitrogens with two attached hydrogens (primary N) is 1. The fraction of sp³-hybridized carbons (Fsp3) is 0.700. The van der Waals surface area contributed by atoms with Gasteiger partial charge in [0.05, 0.1) is 12.5 Å². The number of carboxylic acids is 1. The highest BCUT2D eigenvalue weighted by Crippen LogP contribution is 2.26. The van der Waals surface area contributed by atoms with Crippen LogP contribution in [0.2, 0.25) is 0 Å². The molecule has 0 aliphatic carbocycles. The van der Waals surface area contributed by atoms with E-state index in [1.807, 2.05) is 0 Å². The van der Waals surface area contributed by atoms with Crippen molar-refractivity contribution in [3.05, 3.63) is 0 Å². The van der Waals surface area contributed by atoms with Crippen molar-refractivity contribution in [3.63, 3.8) is 0 Å². The zero-order valence-corrected chi connectivity index (χ0v) is 9.18. The number of rotatable bonds is 4. The fourth-order valence-electron chi connectivity index (χ4n) is 2.18. The van der Waals surface area contributed by atoms with Gasteiger partial charge in [-0.05, 0) is 12.8 Å². The van der Waals surface area contributed by atoms with Crippen molar-refractivity contribution in [1.29, 1.82) is 0 Å². The minimum absolute atomic E-state index is 0.167.